The van der Waals surface area contributed by atoms with Crippen molar-refractivity contribution < 1.29 is 9.84 Å². The van der Waals surface area contributed by atoms with Gasteiger partial charge in [0.05, 0.1) is 19.9 Å². The second kappa shape index (κ2) is 10.4. The predicted molar refractivity (Wildman–Crippen MR) is 132 cm³/mol. The number of nitrogens with zero attached hydrogens (tertiary/aromatic N) is 4. The van der Waals surface area contributed by atoms with Gasteiger partial charge in [-0.15, -0.1) is 0 Å². The highest BCUT2D eigenvalue weighted by atomic mass is 16.5. The summed E-state index contributed by atoms with van der Waals surface area (Å²) in [4.78, 5) is 8.69. The van der Waals surface area contributed by atoms with Crippen LogP contribution in [0.25, 0.3) is 11.0 Å². The van der Waals surface area contributed by atoms with Gasteiger partial charge in [0.2, 0.25) is 5.95 Å². The second-order valence-electron chi connectivity index (χ2n) is 9.28. The number of fused-ring (bicyclic) bond motifs is 1. The van der Waals surface area contributed by atoms with Crippen LogP contribution in [0.4, 0.5) is 11.8 Å². The maximum absolute atomic E-state index is 9.90. The average molecular weight is 453 g/mol. The van der Waals surface area contributed by atoms with Crippen molar-refractivity contribution >= 4 is 22.8 Å². The summed E-state index contributed by atoms with van der Waals surface area (Å²) >= 11 is 0. The Labute approximate surface area is 195 Å². The zero-order valence-electron chi connectivity index (χ0n) is 19.8. The van der Waals surface area contributed by atoms with Crippen LogP contribution in [0.1, 0.15) is 63.0 Å². The van der Waals surface area contributed by atoms with Gasteiger partial charge in [0.25, 0.3) is 0 Å². The van der Waals surface area contributed by atoms with Crippen molar-refractivity contribution in [3.8, 4) is 5.75 Å². The Bertz CT molecular complexity index is 1070. The highest BCUT2D eigenvalue weighted by molar-refractivity contribution is 5.85. The number of aliphatic hydroxyl groups is 1. The number of anilines is 2. The molecule has 3 aromatic rings. The van der Waals surface area contributed by atoms with E-state index in [1.165, 1.54) is 18.4 Å². The van der Waals surface area contributed by atoms with Gasteiger partial charge in [-0.05, 0) is 49.1 Å². The number of nitrogen functional groups attached to an aromatic ring is 1. The summed E-state index contributed by atoms with van der Waals surface area (Å²) in [6.45, 7) is 3.83. The van der Waals surface area contributed by atoms with Crippen molar-refractivity contribution in [1.82, 2.24) is 19.7 Å². The van der Waals surface area contributed by atoms with Crippen LogP contribution >= 0.6 is 0 Å². The van der Waals surface area contributed by atoms with E-state index in [4.69, 9.17) is 15.6 Å². The summed E-state index contributed by atoms with van der Waals surface area (Å²) in [5.41, 5.74) is 9.75. The number of methoxy groups -OCH3 is 1. The Morgan fingerprint density at radius 1 is 1.24 bits per heavy atom. The van der Waals surface area contributed by atoms with Crippen molar-refractivity contribution in [2.45, 2.75) is 64.8 Å². The van der Waals surface area contributed by atoms with E-state index in [-0.39, 0.29) is 18.0 Å². The third-order valence-electron chi connectivity index (χ3n) is 6.88. The number of aromatic nitrogens is 4. The molecule has 2 aromatic heterocycles. The van der Waals surface area contributed by atoms with Gasteiger partial charge >= 0.3 is 0 Å². The third kappa shape index (κ3) is 5.38. The number of unbranched alkanes of at least 4 members (excludes halogenated alkanes) is 1. The minimum Gasteiger partial charge on any atom is -0.496 e. The quantitative estimate of drug-likeness (QED) is 0.375. The molecule has 1 aliphatic carbocycles. The van der Waals surface area contributed by atoms with Crippen LogP contribution in [0.5, 0.6) is 5.75 Å². The molecule has 4 N–H and O–H groups in total. The van der Waals surface area contributed by atoms with E-state index >= 15 is 0 Å². The van der Waals surface area contributed by atoms with Crippen LogP contribution in [0.15, 0.2) is 24.4 Å². The van der Waals surface area contributed by atoms with Crippen molar-refractivity contribution in [2.24, 2.45) is 5.41 Å². The van der Waals surface area contributed by atoms with E-state index in [9.17, 15) is 5.11 Å². The molecular formula is C25H36N6O2. The van der Waals surface area contributed by atoms with Crippen LogP contribution in [0.2, 0.25) is 0 Å². The molecule has 0 radical (unpaired) electrons. The normalized spacial score (nSPS) is 15.2. The zero-order valence-corrected chi connectivity index (χ0v) is 19.8. The molecule has 1 aliphatic rings. The lowest BCUT2D eigenvalue weighted by Crippen LogP contribution is -2.22. The Balaban J connectivity index is 1.50. The van der Waals surface area contributed by atoms with Crippen LogP contribution in [-0.4, -0.2) is 45.1 Å². The van der Waals surface area contributed by atoms with Crippen molar-refractivity contribution in [2.75, 3.05) is 31.3 Å². The molecule has 0 saturated heterocycles. The molecule has 8 heteroatoms. The fourth-order valence-corrected chi connectivity index (χ4v) is 4.84. The molecule has 8 nitrogen and oxygen atoms in total. The fraction of sp³-hybridized carbons (Fsp3) is 0.560. The summed E-state index contributed by atoms with van der Waals surface area (Å²) in [5.74, 6) is 1.77. The summed E-state index contributed by atoms with van der Waals surface area (Å²) in [6, 6.07) is 6.39. The smallest absolute Gasteiger partial charge is 0.222 e. The SMILES string of the molecule is CCCCNc1nc(N)nc2cn(Cc3ccc(CCC4(CO)CCCC4)cc3OC)nc12. The Morgan fingerprint density at radius 2 is 2.06 bits per heavy atom. The molecule has 0 aliphatic heterocycles. The number of rotatable bonds is 11. The van der Waals surface area contributed by atoms with Gasteiger partial charge in [-0.3, -0.25) is 4.68 Å². The number of nitrogens with two attached hydrogens (primary N) is 1. The van der Waals surface area contributed by atoms with Crippen molar-refractivity contribution in [3.05, 3.63) is 35.5 Å². The first-order valence-electron chi connectivity index (χ1n) is 12.1. The van der Waals surface area contributed by atoms with Gasteiger partial charge in [-0.25, -0.2) is 4.98 Å². The number of hydrogen-bond donors (Lipinski definition) is 3. The minimum absolute atomic E-state index is 0.104. The number of ether oxygens (including phenoxy) is 1. The molecule has 1 saturated carbocycles. The lowest BCUT2D eigenvalue weighted by molar-refractivity contribution is 0.121. The highest BCUT2D eigenvalue weighted by Crippen LogP contribution is 2.41. The van der Waals surface area contributed by atoms with Gasteiger partial charge in [-0.2, -0.15) is 10.1 Å². The molecule has 0 unspecified atom stereocenters. The number of benzene rings is 1. The lowest BCUT2D eigenvalue weighted by atomic mass is 9.81. The van der Waals surface area contributed by atoms with E-state index < -0.39 is 0 Å². The van der Waals surface area contributed by atoms with Gasteiger partial charge in [0, 0.05) is 18.7 Å². The largest absolute Gasteiger partial charge is 0.496 e. The van der Waals surface area contributed by atoms with E-state index in [0.29, 0.717) is 12.4 Å². The number of aliphatic hydroxyl groups excluding tert-OH is 1. The Hall–Kier alpha value is -2.87. The Kier molecular flexibility index (Phi) is 7.33. The van der Waals surface area contributed by atoms with E-state index in [2.05, 4.69) is 40.4 Å². The minimum atomic E-state index is 0.104. The number of hydrogen-bond acceptors (Lipinski definition) is 7. The average Bonchev–Trinajstić information content (AvgIpc) is 3.46. The molecule has 0 bridgehead atoms. The van der Waals surface area contributed by atoms with Gasteiger partial charge in [-0.1, -0.05) is 38.3 Å². The molecule has 0 atom stereocenters. The first-order valence-corrected chi connectivity index (χ1v) is 12.1. The lowest BCUT2D eigenvalue weighted by Gasteiger charge is -2.26. The second-order valence-corrected chi connectivity index (χ2v) is 9.28. The summed E-state index contributed by atoms with van der Waals surface area (Å²) < 4.78 is 7.57. The number of aryl methyl sites for hydroxylation is 1. The molecule has 2 heterocycles. The molecule has 1 aromatic carbocycles. The zero-order chi connectivity index (χ0) is 23.3. The summed E-state index contributed by atoms with van der Waals surface area (Å²) in [6.07, 6.45) is 10.7. The van der Waals surface area contributed by atoms with Crippen LogP contribution in [0.3, 0.4) is 0 Å². The number of nitrogens with one attached hydrogen (secondary N) is 1. The molecule has 33 heavy (non-hydrogen) atoms. The van der Waals surface area contributed by atoms with E-state index in [1.54, 1.807) is 7.11 Å². The van der Waals surface area contributed by atoms with E-state index in [0.717, 1.165) is 67.4 Å². The standard InChI is InChI=1S/C25H36N6O2/c1-3-4-13-27-23-22-20(28-24(26)29-23)16-31(30-22)15-19-8-7-18(14-21(19)33-2)9-12-25(17-32)10-5-6-11-25/h7-8,14,16,32H,3-6,9-13,15,17H2,1-2H3,(H3,26,27,28,29). The van der Waals surface area contributed by atoms with Gasteiger partial charge < -0.3 is 20.9 Å². The molecular weight excluding hydrogens is 416 g/mol. The molecule has 0 amide bonds. The predicted octanol–water partition coefficient (Wildman–Crippen LogP) is 4.16. The fourth-order valence-electron chi connectivity index (χ4n) is 4.84. The third-order valence-corrected chi connectivity index (χ3v) is 6.88. The molecule has 4 rings (SSSR count). The molecule has 178 valence electrons. The van der Waals surface area contributed by atoms with Crippen LogP contribution in [-0.2, 0) is 13.0 Å². The van der Waals surface area contributed by atoms with Crippen molar-refractivity contribution in [1.29, 1.82) is 0 Å². The highest BCUT2D eigenvalue weighted by Gasteiger charge is 2.32. The summed E-state index contributed by atoms with van der Waals surface area (Å²) in [7, 11) is 1.70. The monoisotopic (exact) mass is 452 g/mol. The summed E-state index contributed by atoms with van der Waals surface area (Å²) in [5, 5.41) is 18.0. The van der Waals surface area contributed by atoms with Crippen molar-refractivity contribution in [3.63, 3.8) is 0 Å². The molecule has 0 spiro atoms. The van der Waals surface area contributed by atoms with Crippen LogP contribution < -0.4 is 15.8 Å². The maximum Gasteiger partial charge on any atom is 0.222 e. The topological polar surface area (TPSA) is 111 Å². The van der Waals surface area contributed by atoms with E-state index in [1.807, 2.05) is 10.9 Å². The molecule has 1 fully saturated rings. The van der Waals surface area contributed by atoms with Gasteiger partial charge in [0.1, 0.15) is 11.3 Å². The Morgan fingerprint density at radius 3 is 2.79 bits per heavy atom. The maximum atomic E-state index is 9.90. The van der Waals surface area contributed by atoms with Gasteiger partial charge in [0.15, 0.2) is 11.3 Å². The van der Waals surface area contributed by atoms with Crippen LogP contribution in [0, 0.1) is 5.41 Å². The first kappa shape index (κ1) is 23.3. The first-order chi connectivity index (χ1) is 16.1.